The molecule has 3 rings (SSSR count). The highest BCUT2D eigenvalue weighted by Crippen LogP contribution is 2.30. The minimum atomic E-state index is -0.762. The highest BCUT2D eigenvalue weighted by Gasteiger charge is 2.31. The van der Waals surface area contributed by atoms with Crippen LogP contribution in [0.5, 0.6) is 0 Å². The monoisotopic (exact) mass is 386 g/mol. The van der Waals surface area contributed by atoms with Crippen LogP contribution in [-0.2, 0) is 4.79 Å². The standard InChI is InChI=1S/C18H15ClN4O4/c1-10-15(17(24)21-14-5-3-2-4-13(14)19)16(22-18(25)20-10)11-6-8-12(9-7-11)23(26)27/h2-9,16H,1H3,(H,21,24)(H2,20,22,25)/t16-/m0/s1. The van der Waals surface area contributed by atoms with E-state index in [1.807, 2.05) is 0 Å². The molecule has 1 heterocycles. The largest absolute Gasteiger partial charge is 0.327 e. The van der Waals surface area contributed by atoms with Crippen molar-refractivity contribution < 1.29 is 14.5 Å². The first-order chi connectivity index (χ1) is 12.9. The molecule has 0 saturated carbocycles. The van der Waals surface area contributed by atoms with Gasteiger partial charge in [-0.05, 0) is 36.8 Å². The van der Waals surface area contributed by atoms with Crippen molar-refractivity contribution in [2.24, 2.45) is 0 Å². The lowest BCUT2D eigenvalue weighted by Gasteiger charge is -2.28. The number of anilines is 1. The van der Waals surface area contributed by atoms with Crippen molar-refractivity contribution in [3.8, 4) is 0 Å². The Hall–Kier alpha value is -3.39. The fourth-order valence-corrected chi connectivity index (χ4v) is 2.97. The lowest BCUT2D eigenvalue weighted by atomic mass is 9.94. The number of nitro groups is 1. The second-order valence-corrected chi connectivity index (χ2v) is 6.26. The van der Waals surface area contributed by atoms with Crippen molar-refractivity contribution in [1.29, 1.82) is 0 Å². The van der Waals surface area contributed by atoms with E-state index in [2.05, 4.69) is 16.0 Å². The number of urea groups is 1. The Morgan fingerprint density at radius 2 is 1.85 bits per heavy atom. The van der Waals surface area contributed by atoms with Crippen LogP contribution in [0.4, 0.5) is 16.2 Å². The molecule has 0 unspecified atom stereocenters. The maximum atomic E-state index is 12.9. The number of benzene rings is 2. The number of carbonyl (C=O) groups is 2. The number of non-ortho nitro benzene ring substituents is 1. The van der Waals surface area contributed by atoms with Crippen LogP contribution in [0.15, 0.2) is 59.8 Å². The average molecular weight is 387 g/mol. The lowest BCUT2D eigenvalue weighted by molar-refractivity contribution is -0.384. The van der Waals surface area contributed by atoms with E-state index in [1.54, 1.807) is 31.2 Å². The third kappa shape index (κ3) is 3.90. The molecule has 27 heavy (non-hydrogen) atoms. The zero-order chi connectivity index (χ0) is 19.6. The normalized spacial score (nSPS) is 16.4. The Morgan fingerprint density at radius 1 is 1.19 bits per heavy atom. The number of nitro benzene ring substituents is 1. The van der Waals surface area contributed by atoms with Gasteiger partial charge in [0.1, 0.15) is 0 Å². The van der Waals surface area contributed by atoms with Crippen LogP contribution in [0.25, 0.3) is 0 Å². The highest BCUT2D eigenvalue weighted by molar-refractivity contribution is 6.33. The van der Waals surface area contributed by atoms with Crippen LogP contribution in [0, 0.1) is 10.1 Å². The van der Waals surface area contributed by atoms with Gasteiger partial charge in [0, 0.05) is 17.8 Å². The van der Waals surface area contributed by atoms with Crippen molar-refractivity contribution in [3.05, 3.63) is 80.5 Å². The molecule has 9 heteroatoms. The Kier molecular flexibility index (Phi) is 5.09. The maximum Gasteiger partial charge on any atom is 0.319 e. The van der Waals surface area contributed by atoms with E-state index < -0.39 is 22.9 Å². The van der Waals surface area contributed by atoms with Crippen molar-refractivity contribution in [2.45, 2.75) is 13.0 Å². The van der Waals surface area contributed by atoms with E-state index in [0.29, 0.717) is 22.0 Å². The first-order valence-electron chi connectivity index (χ1n) is 7.95. The number of hydrogen-bond donors (Lipinski definition) is 3. The summed E-state index contributed by atoms with van der Waals surface area (Å²) in [5, 5.41) is 19.2. The summed E-state index contributed by atoms with van der Waals surface area (Å²) in [6.45, 7) is 1.61. The summed E-state index contributed by atoms with van der Waals surface area (Å²) >= 11 is 6.09. The number of rotatable bonds is 4. The van der Waals surface area contributed by atoms with Gasteiger partial charge in [-0.2, -0.15) is 0 Å². The molecule has 2 aromatic rings. The van der Waals surface area contributed by atoms with Gasteiger partial charge in [0.25, 0.3) is 11.6 Å². The minimum Gasteiger partial charge on any atom is -0.327 e. The van der Waals surface area contributed by atoms with Gasteiger partial charge in [0.15, 0.2) is 0 Å². The van der Waals surface area contributed by atoms with Gasteiger partial charge in [-0.1, -0.05) is 23.7 Å². The Morgan fingerprint density at radius 3 is 2.48 bits per heavy atom. The molecular formula is C18H15ClN4O4. The Balaban J connectivity index is 1.95. The molecule has 2 aromatic carbocycles. The second kappa shape index (κ2) is 7.46. The molecule has 0 aromatic heterocycles. The fraction of sp³-hybridized carbons (Fsp3) is 0.111. The van der Waals surface area contributed by atoms with Crippen molar-refractivity contribution in [1.82, 2.24) is 10.6 Å². The molecule has 138 valence electrons. The summed E-state index contributed by atoms with van der Waals surface area (Å²) in [7, 11) is 0. The summed E-state index contributed by atoms with van der Waals surface area (Å²) in [4.78, 5) is 35.1. The van der Waals surface area contributed by atoms with Gasteiger partial charge in [0.2, 0.25) is 0 Å². The summed E-state index contributed by atoms with van der Waals surface area (Å²) in [6, 6.07) is 11.2. The van der Waals surface area contributed by atoms with Crippen LogP contribution in [-0.4, -0.2) is 16.9 Å². The van der Waals surface area contributed by atoms with E-state index in [0.717, 1.165) is 0 Å². The predicted molar refractivity (Wildman–Crippen MR) is 100 cm³/mol. The molecule has 1 aliphatic heterocycles. The molecule has 0 bridgehead atoms. The van der Waals surface area contributed by atoms with Crippen LogP contribution in [0.1, 0.15) is 18.5 Å². The minimum absolute atomic E-state index is 0.0817. The van der Waals surface area contributed by atoms with Crippen molar-refractivity contribution in [2.75, 3.05) is 5.32 Å². The number of amides is 3. The van der Waals surface area contributed by atoms with Crippen molar-refractivity contribution >= 4 is 34.9 Å². The summed E-state index contributed by atoms with van der Waals surface area (Å²) in [5.74, 6) is -0.448. The van der Waals surface area contributed by atoms with E-state index in [-0.39, 0.29) is 11.3 Å². The summed E-state index contributed by atoms with van der Waals surface area (Å²) in [5.41, 5.74) is 1.56. The molecule has 0 aliphatic carbocycles. The van der Waals surface area contributed by atoms with Crippen LogP contribution < -0.4 is 16.0 Å². The highest BCUT2D eigenvalue weighted by atomic mass is 35.5. The Labute approximate surface area is 159 Å². The van der Waals surface area contributed by atoms with Gasteiger partial charge < -0.3 is 16.0 Å². The van der Waals surface area contributed by atoms with E-state index in [1.165, 1.54) is 24.3 Å². The first-order valence-corrected chi connectivity index (χ1v) is 8.33. The first kappa shape index (κ1) is 18.4. The van der Waals surface area contributed by atoms with Gasteiger partial charge in [-0.15, -0.1) is 0 Å². The smallest absolute Gasteiger partial charge is 0.319 e. The molecule has 0 saturated heterocycles. The number of nitrogens with one attached hydrogen (secondary N) is 3. The molecule has 1 aliphatic rings. The third-order valence-electron chi connectivity index (χ3n) is 4.07. The molecule has 0 radical (unpaired) electrons. The Bertz CT molecular complexity index is 956. The van der Waals surface area contributed by atoms with Gasteiger partial charge in [-0.3, -0.25) is 14.9 Å². The number of hydrogen-bond acceptors (Lipinski definition) is 4. The molecule has 0 spiro atoms. The van der Waals surface area contributed by atoms with Crippen LogP contribution >= 0.6 is 11.6 Å². The fourth-order valence-electron chi connectivity index (χ4n) is 2.79. The number of allylic oxidation sites excluding steroid dienone is 1. The number of nitrogens with zero attached hydrogens (tertiary/aromatic N) is 1. The van der Waals surface area contributed by atoms with E-state index in [9.17, 15) is 19.7 Å². The van der Waals surface area contributed by atoms with Crippen molar-refractivity contribution in [3.63, 3.8) is 0 Å². The zero-order valence-electron chi connectivity index (χ0n) is 14.2. The van der Waals surface area contributed by atoms with Gasteiger partial charge >= 0.3 is 6.03 Å². The van der Waals surface area contributed by atoms with Crippen LogP contribution in [0.2, 0.25) is 5.02 Å². The molecule has 0 fully saturated rings. The molecule has 3 N–H and O–H groups in total. The molecule has 1 atom stereocenters. The number of halogens is 1. The topological polar surface area (TPSA) is 113 Å². The molecule has 3 amide bonds. The number of carbonyl (C=O) groups excluding carboxylic acids is 2. The summed E-state index contributed by atoms with van der Waals surface area (Å²) < 4.78 is 0. The van der Waals surface area contributed by atoms with Gasteiger partial charge in [0.05, 0.1) is 27.2 Å². The van der Waals surface area contributed by atoms with Gasteiger partial charge in [-0.25, -0.2) is 4.79 Å². The lowest BCUT2D eigenvalue weighted by Crippen LogP contribution is -2.45. The van der Waals surface area contributed by atoms with E-state index in [4.69, 9.17) is 11.6 Å². The average Bonchev–Trinajstić information content (AvgIpc) is 2.63. The quantitative estimate of drug-likeness (QED) is 0.551. The summed E-state index contributed by atoms with van der Waals surface area (Å²) in [6.07, 6.45) is 0. The van der Waals surface area contributed by atoms with Crippen LogP contribution in [0.3, 0.4) is 0 Å². The zero-order valence-corrected chi connectivity index (χ0v) is 14.9. The number of para-hydroxylation sites is 1. The molecule has 8 nitrogen and oxygen atoms in total. The van der Waals surface area contributed by atoms with E-state index >= 15 is 0 Å². The maximum absolute atomic E-state index is 12.9. The predicted octanol–water partition coefficient (Wildman–Crippen LogP) is 3.51. The molecular weight excluding hydrogens is 372 g/mol. The SMILES string of the molecule is CC1=C(C(=O)Nc2ccccc2Cl)[C@H](c2ccc([N+](=O)[O-])cc2)NC(=O)N1. The second-order valence-electron chi connectivity index (χ2n) is 5.85. The third-order valence-corrected chi connectivity index (χ3v) is 4.40.